The molecule has 4 nitrogen and oxygen atoms in total. The average Bonchev–Trinajstić information content (AvgIpc) is 2.91. The van der Waals surface area contributed by atoms with Gasteiger partial charge >= 0.3 is 0 Å². The molecule has 1 unspecified atom stereocenters. The van der Waals surface area contributed by atoms with Gasteiger partial charge in [0.05, 0.1) is 6.61 Å². The molecule has 0 aliphatic heterocycles. The van der Waals surface area contributed by atoms with Gasteiger partial charge in [0.25, 0.3) is 0 Å². The van der Waals surface area contributed by atoms with Gasteiger partial charge in [-0.05, 0) is 34.1 Å². The zero-order valence-electron chi connectivity index (χ0n) is 11.1. The first-order valence-electron chi connectivity index (χ1n) is 6.34. The van der Waals surface area contributed by atoms with Crippen LogP contribution in [0.15, 0.2) is 52.0 Å². The highest BCUT2D eigenvalue weighted by Gasteiger charge is 2.12. The molecule has 3 aromatic rings. The maximum atomic E-state index is 5.04. The molecule has 2 aromatic heterocycles. The molecule has 0 bridgehead atoms. The van der Waals surface area contributed by atoms with Crippen LogP contribution in [0.1, 0.15) is 0 Å². The van der Waals surface area contributed by atoms with E-state index in [1.54, 1.807) is 11.8 Å². The van der Waals surface area contributed by atoms with E-state index in [1.165, 1.54) is 4.90 Å². The second kappa shape index (κ2) is 6.88. The lowest BCUT2D eigenvalue weighted by atomic mass is 10.2. The molecule has 2 heterocycles. The number of fused-ring (bicyclic) bond motifs is 1. The molecule has 21 heavy (non-hydrogen) atoms. The summed E-state index contributed by atoms with van der Waals surface area (Å²) >= 11 is 5.24. The van der Waals surface area contributed by atoms with Gasteiger partial charge in [-0.25, -0.2) is 0 Å². The number of halogens is 1. The number of benzene rings is 1. The van der Waals surface area contributed by atoms with E-state index in [2.05, 4.69) is 47.7 Å². The smallest absolute Gasteiger partial charge is 0.169 e. The monoisotopic (exact) mass is 381 g/mol. The normalized spacial score (nSPS) is 11.1. The summed E-state index contributed by atoms with van der Waals surface area (Å²) in [6.07, 6.45) is 1.98. The maximum Gasteiger partial charge on any atom is 0.169 e. The fourth-order valence-electron chi connectivity index (χ4n) is 2.03. The van der Waals surface area contributed by atoms with Gasteiger partial charge in [-0.2, -0.15) is 0 Å². The average molecular weight is 382 g/mol. The van der Waals surface area contributed by atoms with E-state index in [1.807, 2.05) is 34.9 Å². The summed E-state index contributed by atoms with van der Waals surface area (Å²) in [6.45, 7) is 0.690. The number of pyridine rings is 1. The summed E-state index contributed by atoms with van der Waals surface area (Å²) in [4.78, 5) is 1.17. The molecule has 0 aliphatic rings. The highest BCUT2D eigenvalue weighted by atomic mass is 79.9. The molecule has 0 amide bonds. The van der Waals surface area contributed by atoms with Crippen LogP contribution in [0.5, 0.6) is 0 Å². The van der Waals surface area contributed by atoms with E-state index in [0.717, 1.165) is 27.3 Å². The minimum absolute atomic E-state index is 0.690. The van der Waals surface area contributed by atoms with Crippen molar-refractivity contribution in [1.82, 2.24) is 14.6 Å². The topological polar surface area (TPSA) is 39.4 Å². The van der Waals surface area contributed by atoms with Crippen LogP contribution >= 0.6 is 37.2 Å². The predicted octanol–water partition coefficient (Wildman–Crippen LogP) is 4.06. The molecule has 0 N–H and O–H groups in total. The van der Waals surface area contributed by atoms with E-state index in [0.29, 0.717) is 6.61 Å². The third-order valence-electron chi connectivity index (χ3n) is 2.95. The maximum absolute atomic E-state index is 5.04. The summed E-state index contributed by atoms with van der Waals surface area (Å²) in [5.41, 5.74) is 1.91. The van der Waals surface area contributed by atoms with Crippen LogP contribution in [0.3, 0.4) is 0 Å². The van der Waals surface area contributed by atoms with Gasteiger partial charge in [0.2, 0.25) is 0 Å². The molecule has 0 radical (unpaired) electrons. The van der Waals surface area contributed by atoms with Crippen molar-refractivity contribution in [2.75, 3.05) is 12.4 Å². The Kier molecular flexibility index (Phi) is 4.91. The van der Waals surface area contributed by atoms with Crippen LogP contribution in [0.4, 0.5) is 0 Å². The van der Waals surface area contributed by atoms with E-state index in [4.69, 9.17) is 4.52 Å². The SMILES string of the molecule is POCCSc1ccccc1-c1nnc2ccc(Br)cn12. The highest BCUT2D eigenvalue weighted by molar-refractivity contribution is 9.10. The number of aromatic nitrogens is 3. The van der Waals surface area contributed by atoms with Gasteiger partial charge in [0.15, 0.2) is 11.5 Å². The van der Waals surface area contributed by atoms with Crippen LogP contribution < -0.4 is 0 Å². The van der Waals surface area contributed by atoms with E-state index in [9.17, 15) is 0 Å². The Hall–Kier alpha value is -0.940. The molecule has 0 fully saturated rings. The van der Waals surface area contributed by atoms with Crippen LogP contribution in [-0.2, 0) is 4.52 Å². The molecule has 108 valence electrons. The summed E-state index contributed by atoms with van der Waals surface area (Å²) in [5.74, 6) is 1.74. The molecular weight excluding hydrogens is 369 g/mol. The fourth-order valence-corrected chi connectivity index (χ4v) is 3.54. The van der Waals surface area contributed by atoms with Crippen molar-refractivity contribution in [3.8, 4) is 11.4 Å². The number of rotatable bonds is 5. The van der Waals surface area contributed by atoms with Crippen molar-refractivity contribution >= 4 is 42.8 Å². The summed E-state index contributed by atoms with van der Waals surface area (Å²) < 4.78 is 8.03. The number of hydrogen-bond acceptors (Lipinski definition) is 4. The van der Waals surface area contributed by atoms with E-state index in [-0.39, 0.29) is 0 Å². The van der Waals surface area contributed by atoms with Crippen molar-refractivity contribution < 1.29 is 4.52 Å². The van der Waals surface area contributed by atoms with Crippen molar-refractivity contribution in [2.45, 2.75) is 4.90 Å². The van der Waals surface area contributed by atoms with Crippen LogP contribution in [0.25, 0.3) is 17.0 Å². The Morgan fingerprint density at radius 2 is 2.05 bits per heavy atom. The molecule has 0 saturated heterocycles. The van der Waals surface area contributed by atoms with Gasteiger partial charge < -0.3 is 4.52 Å². The molecule has 0 saturated carbocycles. The Morgan fingerprint density at radius 3 is 2.90 bits per heavy atom. The van der Waals surface area contributed by atoms with Gasteiger partial charge in [0, 0.05) is 36.3 Å². The quantitative estimate of drug-likeness (QED) is 0.379. The molecule has 0 spiro atoms. The zero-order valence-corrected chi connectivity index (χ0v) is 14.6. The lowest BCUT2D eigenvalue weighted by Crippen LogP contribution is -1.93. The number of hydrogen-bond donors (Lipinski definition) is 0. The summed E-state index contributed by atoms with van der Waals surface area (Å²) in [6, 6.07) is 12.1. The van der Waals surface area contributed by atoms with Crippen molar-refractivity contribution in [2.24, 2.45) is 0 Å². The van der Waals surface area contributed by atoms with E-state index < -0.39 is 0 Å². The van der Waals surface area contributed by atoms with Gasteiger partial charge in [0.1, 0.15) is 0 Å². The molecule has 7 heteroatoms. The first kappa shape index (κ1) is 15.0. The second-order valence-corrected chi connectivity index (χ2v) is 6.70. The minimum atomic E-state index is 0.690. The highest BCUT2D eigenvalue weighted by Crippen LogP contribution is 2.31. The van der Waals surface area contributed by atoms with Crippen molar-refractivity contribution in [3.05, 3.63) is 47.1 Å². The lowest BCUT2D eigenvalue weighted by Gasteiger charge is -2.07. The number of nitrogens with zero attached hydrogens (tertiary/aromatic N) is 3. The van der Waals surface area contributed by atoms with Crippen molar-refractivity contribution in [1.29, 1.82) is 0 Å². The Labute approximate surface area is 137 Å². The van der Waals surface area contributed by atoms with Gasteiger partial charge in [-0.1, -0.05) is 18.2 Å². The first-order valence-corrected chi connectivity index (χ1v) is 8.59. The predicted molar refractivity (Wildman–Crippen MR) is 92.5 cm³/mol. The second-order valence-electron chi connectivity index (χ2n) is 4.31. The van der Waals surface area contributed by atoms with Crippen molar-refractivity contribution in [3.63, 3.8) is 0 Å². The Morgan fingerprint density at radius 1 is 1.19 bits per heavy atom. The zero-order chi connectivity index (χ0) is 14.7. The Bertz CT molecular complexity index is 765. The molecule has 1 atom stereocenters. The minimum Gasteiger partial charge on any atom is -0.365 e. The molecule has 3 rings (SSSR count). The van der Waals surface area contributed by atoms with Gasteiger partial charge in [-0.15, -0.1) is 22.0 Å². The van der Waals surface area contributed by atoms with Gasteiger partial charge in [-0.3, -0.25) is 4.40 Å². The molecular formula is C14H13BrN3OPS. The molecule has 0 aliphatic carbocycles. The fraction of sp³-hybridized carbons (Fsp3) is 0.143. The summed E-state index contributed by atoms with van der Waals surface area (Å²) in [5, 5.41) is 8.57. The van der Waals surface area contributed by atoms with Crippen LogP contribution in [0.2, 0.25) is 0 Å². The standard InChI is InChI=1S/C14H13BrN3OPS/c15-10-5-6-13-16-17-14(18(13)9-10)11-3-1-2-4-12(11)21-8-7-19-20/h1-6,9H,7-8,20H2. The first-order chi connectivity index (χ1) is 10.3. The molecule has 1 aromatic carbocycles. The largest absolute Gasteiger partial charge is 0.365 e. The lowest BCUT2D eigenvalue weighted by molar-refractivity contribution is 0.404. The van der Waals surface area contributed by atoms with Crippen LogP contribution in [0, 0.1) is 0 Å². The third kappa shape index (κ3) is 3.29. The third-order valence-corrected chi connectivity index (χ3v) is 4.70. The summed E-state index contributed by atoms with van der Waals surface area (Å²) in [7, 11) is 2.28. The number of thioether (sulfide) groups is 1. The van der Waals surface area contributed by atoms with E-state index >= 15 is 0 Å². The van der Waals surface area contributed by atoms with Crippen LogP contribution in [-0.4, -0.2) is 27.0 Å². The Balaban J connectivity index is 2.04.